The van der Waals surface area contributed by atoms with Crippen molar-refractivity contribution < 1.29 is 19.1 Å². The highest BCUT2D eigenvalue weighted by molar-refractivity contribution is 6.41. The van der Waals surface area contributed by atoms with E-state index in [0.29, 0.717) is 0 Å². The van der Waals surface area contributed by atoms with Crippen LogP contribution in [-0.2, 0) is 0 Å². The number of halogens is 3. The first kappa shape index (κ1) is 14.4. The Morgan fingerprint density at radius 2 is 2.00 bits per heavy atom. The molecule has 1 amide bonds. The van der Waals surface area contributed by atoms with E-state index in [1.165, 1.54) is 18.2 Å². The fraction of sp³-hybridized carbons (Fsp3) is 0. The van der Waals surface area contributed by atoms with Crippen LogP contribution in [0.5, 0.6) is 0 Å². The van der Waals surface area contributed by atoms with Gasteiger partial charge >= 0.3 is 5.97 Å². The van der Waals surface area contributed by atoms with Crippen LogP contribution < -0.4 is 5.32 Å². The van der Waals surface area contributed by atoms with Crippen molar-refractivity contribution >= 4 is 40.8 Å². The van der Waals surface area contributed by atoms with Gasteiger partial charge in [-0.25, -0.2) is 9.18 Å². The van der Waals surface area contributed by atoms with Crippen LogP contribution in [-0.4, -0.2) is 22.0 Å². The molecule has 0 saturated carbocycles. The summed E-state index contributed by atoms with van der Waals surface area (Å²) >= 11 is 11.3. The minimum atomic E-state index is -1.36. The first-order valence-electron chi connectivity index (χ1n) is 5.27. The number of hydrogen-bond acceptors (Lipinski definition) is 2. The smallest absolute Gasteiger partial charge is 0.337 e. The van der Waals surface area contributed by atoms with Crippen LogP contribution in [0.15, 0.2) is 24.3 Å². The Morgan fingerprint density at radius 1 is 1.30 bits per heavy atom. The molecule has 2 rings (SSSR count). The third-order valence-corrected chi connectivity index (χ3v) is 3.15. The van der Waals surface area contributed by atoms with E-state index < -0.39 is 23.4 Å². The summed E-state index contributed by atoms with van der Waals surface area (Å²) in [6.45, 7) is 0. The predicted molar refractivity (Wildman–Crippen MR) is 72.1 cm³/mol. The molecule has 0 fully saturated rings. The maximum atomic E-state index is 13.6. The Morgan fingerprint density at radius 3 is 2.55 bits per heavy atom. The molecule has 0 aliphatic heterocycles. The van der Waals surface area contributed by atoms with Gasteiger partial charge in [-0.05, 0) is 18.2 Å². The van der Waals surface area contributed by atoms with E-state index in [1.807, 2.05) is 0 Å². The van der Waals surface area contributed by atoms with Gasteiger partial charge in [0.1, 0.15) is 16.7 Å². The number of carbonyl (C=O) groups is 2. The van der Waals surface area contributed by atoms with E-state index >= 15 is 0 Å². The van der Waals surface area contributed by atoms with Crippen molar-refractivity contribution in [1.82, 2.24) is 4.98 Å². The third-order valence-electron chi connectivity index (χ3n) is 2.45. The molecular weight excluding hydrogens is 310 g/mol. The molecule has 0 spiro atoms. The Bertz CT molecular complexity index is 681. The van der Waals surface area contributed by atoms with Crippen molar-refractivity contribution in [3.63, 3.8) is 0 Å². The van der Waals surface area contributed by atoms with E-state index in [4.69, 9.17) is 28.3 Å². The standard InChI is InChI=1S/C12H7Cl2FN2O3/c13-6-4-8(16-10(6)14)11(18)17-9-5(12(19)20)2-1-3-7(9)15/h1-4,16H,(H,17,18)(H,19,20). The number of anilines is 1. The summed E-state index contributed by atoms with van der Waals surface area (Å²) in [5.74, 6) is -2.98. The molecule has 0 radical (unpaired) electrons. The molecule has 0 bridgehead atoms. The average molecular weight is 317 g/mol. The Kier molecular flexibility index (Phi) is 3.96. The Balaban J connectivity index is 2.35. The van der Waals surface area contributed by atoms with Gasteiger partial charge in [0, 0.05) is 0 Å². The van der Waals surface area contributed by atoms with Crippen molar-refractivity contribution in [3.05, 3.63) is 51.5 Å². The zero-order valence-electron chi connectivity index (χ0n) is 9.71. The molecule has 0 aliphatic carbocycles. The first-order valence-corrected chi connectivity index (χ1v) is 6.03. The molecule has 0 aliphatic rings. The Hall–Kier alpha value is -2.05. The number of nitrogens with one attached hydrogen (secondary N) is 2. The SMILES string of the molecule is O=C(Nc1c(F)cccc1C(=O)O)c1cc(Cl)c(Cl)[nH]1. The molecule has 20 heavy (non-hydrogen) atoms. The van der Waals surface area contributed by atoms with Crippen LogP contribution in [0.2, 0.25) is 10.2 Å². The molecule has 1 aromatic heterocycles. The number of amides is 1. The van der Waals surface area contributed by atoms with E-state index in [-0.39, 0.29) is 21.4 Å². The number of aromatic nitrogens is 1. The molecule has 8 heteroatoms. The van der Waals surface area contributed by atoms with E-state index in [0.717, 1.165) is 6.07 Å². The van der Waals surface area contributed by atoms with E-state index in [2.05, 4.69) is 10.3 Å². The van der Waals surface area contributed by atoms with Gasteiger partial charge in [-0.3, -0.25) is 4.79 Å². The zero-order valence-corrected chi connectivity index (χ0v) is 11.2. The summed E-state index contributed by atoms with van der Waals surface area (Å²) in [6.07, 6.45) is 0. The normalized spacial score (nSPS) is 10.3. The minimum absolute atomic E-state index is 0.0143. The zero-order chi connectivity index (χ0) is 14.9. The van der Waals surface area contributed by atoms with Crippen LogP contribution in [0.4, 0.5) is 10.1 Å². The highest BCUT2D eigenvalue weighted by atomic mass is 35.5. The highest BCUT2D eigenvalue weighted by Gasteiger charge is 2.18. The number of aromatic amines is 1. The van der Waals surface area contributed by atoms with Crippen LogP contribution >= 0.6 is 23.2 Å². The second-order valence-corrected chi connectivity index (χ2v) is 4.55. The van der Waals surface area contributed by atoms with Gasteiger partial charge in [0.25, 0.3) is 5.91 Å². The molecule has 5 nitrogen and oxygen atoms in total. The van der Waals surface area contributed by atoms with Gasteiger partial charge in [-0.2, -0.15) is 0 Å². The third kappa shape index (κ3) is 2.76. The second kappa shape index (κ2) is 5.52. The number of carbonyl (C=O) groups excluding carboxylic acids is 1. The van der Waals surface area contributed by atoms with Crippen LogP contribution in [0.3, 0.4) is 0 Å². The molecule has 0 saturated heterocycles. The molecular formula is C12H7Cl2FN2O3. The molecule has 3 N–H and O–H groups in total. The van der Waals surface area contributed by atoms with Gasteiger partial charge in [0.05, 0.1) is 16.3 Å². The number of benzene rings is 1. The van der Waals surface area contributed by atoms with Gasteiger partial charge in [-0.15, -0.1) is 0 Å². The van der Waals surface area contributed by atoms with Crippen LogP contribution in [0.1, 0.15) is 20.8 Å². The first-order chi connectivity index (χ1) is 9.40. The number of para-hydroxylation sites is 1. The minimum Gasteiger partial charge on any atom is -0.478 e. The van der Waals surface area contributed by atoms with Crippen molar-refractivity contribution in [1.29, 1.82) is 0 Å². The van der Waals surface area contributed by atoms with Gasteiger partial charge in [0.2, 0.25) is 0 Å². The highest BCUT2D eigenvalue weighted by Crippen LogP contribution is 2.24. The summed E-state index contributed by atoms with van der Waals surface area (Å²) in [4.78, 5) is 25.4. The maximum absolute atomic E-state index is 13.6. The lowest BCUT2D eigenvalue weighted by Crippen LogP contribution is -2.16. The van der Waals surface area contributed by atoms with Crippen molar-refractivity contribution in [2.75, 3.05) is 5.32 Å². The number of aromatic carboxylic acids is 1. The lowest BCUT2D eigenvalue weighted by atomic mass is 10.1. The average Bonchev–Trinajstić information content (AvgIpc) is 2.72. The van der Waals surface area contributed by atoms with Crippen molar-refractivity contribution in [2.24, 2.45) is 0 Å². The number of hydrogen-bond donors (Lipinski definition) is 3. The number of H-pyrrole nitrogens is 1. The maximum Gasteiger partial charge on any atom is 0.337 e. The summed E-state index contributed by atoms with van der Waals surface area (Å²) in [5.41, 5.74) is -0.798. The molecule has 2 aromatic rings. The molecule has 1 aromatic carbocycles. The summed E-state index contributed by atoms with van der Waals surface area (Å²) in [5, 5.41) is 11.3. The van der Waals surface area contributed by atoms with Crippen LogP contribution in [0, 0.1) is 5.82 Å². The molecule has 104 valence electrons. The Labute approximate surface area is 122 Å². The molecule has 1 heterocycles. The molecule has 0 atom stereocenters. The quantitative estimate of drug-likeness (QED) is 0.811. The van der Waals surface area contributed by atoms with E-state index in [1.54, 1.807) is 0 Å². The summed E-state index contributed by atoms with van der Waals surface area (Å²) in [6, 6.07) is 4.70. The summed E-state index contributed by atoms with van der Waals surface area (Å²) < 4.78 is 13.6. The number of rotatable bonds is 3. The molecule has 0 unspecified atom stereocenters. The monoisotopic (exact) mass is 316 g/mol. The second-order valence-electron chi connectivity index (χ2n) is 3.77. The van der Waals surface area contributed by atoms with Crippen LogP contribution in [0.25, 0.3) is 0 Å². The lowest BCUT2D eigenvalue weighted by molar-refractivity contribution is 0.0697. The van der Waals surface area contributed by atoms with Crippen molar-refractivity contribution in [3.8, 4) is 0 Å². The van der Waals surface area contributed by atoms with Gasteiger partial charge < -0.3 is 15.4 Å². The number of carboxylic acids is 1. The fourth-order valence-corrected chi connectivity index (χ4v) is 1.85. The topological polar surface area (TPSA) is 82.2 Å². The predicted octanol–water partition coefficient (Wildman–Crippen LogP) is 3.41. The number of carboxylic acid groups (broad SMARTS) is 1. The largest absolute Gasteiger partial charge is 0.478 e. The van der Waals surface area contributed by atoms with E-state index in [9.17, 15) is 14.0 Å². The van der Waals surface area contributed by atoms with Crippen molar-refractivity contribution in [2.45, 2.75) is 0 Å². The summed E-state index contributed by atoms with van der Waals surface area (Å²) in [7, 11) is 0. The fourth-order valence-electron chi connectivity index (χ4n) is 1.54. The van der Waals surface area contributed by atoms with Gasteiger partial charge in [0.15, 0.2) is 0 Å². The van der Waals surface area contributed by atoms with Gasteiger partial charge in [-0.1, -0.05) is 29.3 Å². The lowest BCUT2D eigenvalue weighted by Gasteiger charge is -2.08.